The Morgan fingerprint density at radius 3 is 2.76 bits per heavy atom. The number of pyridine rings is 1. The average Bonchev–Trinajstić information content (AvgIpc) is 2.78. The van der Waals surface area contributed by atoms with E-state index < -0.39 is 0 Å². The molecule has 0 saturated heterocycles. The predicted octanol–water partition coefficient (Wildman–Crippen LogP) is 5.01. The lowest BCUT2D eigenvalue weighted by atomic mass is 10.0. The van der Waals surface area contributed by atoms with Crippen molar-refractivity contribution in [2.45, 2.75) is 6.17 Å². The summed E-state index contributed by atoms with van der Waals surface area (Å²) in [5.74, 6) is 0.652. The number of carbonyl (C=O) groups is 1. The Morgan fingerprint density at radius 2 is 1.86 bits per heavy atom. The third-order valence-electron chi connectivity index (χ3n) is 5.20. The number of benzene rings is 3. The number of rotatable bonds is 3. The van der Waals surface area contributed by atoms with Gasteiger partial charge in [0.1, 0.15) is 11.9 Å². The van der Waals surface area contributed by atoms with Gasteiger partial charge in [0.15, 0.2) is 0 Å². The van der Waals surface area contributed by atoms with Crippen LogP contribution in [0.3, 0.4) is 0 Å². The molecule has 29 heavy (non-hydrogen) atoms. The largest absolute Gasteiger partial charge is 0.497 e. The normalized spacial score (nSPS) is 15.7. The molecule has 5 nitrogen and oxygen atoms in total. The summed E-state index contributed by atoms with van der Waals surface area (Å²) < 4.78 is 5.38. The van der Waals surface area contributed by atoms with Crippen LogP contribution in [-0.2, 0) is 0 Å². The van der Waals surface area contributed by atoms with E-state index in [1.165, 1.54) is 0 Å². The summed E-state index contributed by atoms with van der Waals surface area (Å²) in [6.07, 6.45) is 1.43. The molecule has 1 aromatic heterocycles. The number of nitrogens with one attached hydrogen (secondary N) is 1. The lowest BCUT2D eigenvalue weighted by molar-refractivity contribution is 0.0975. The van der Waals surface area contributed by atoms with Crippen LogP contribution in [0.1, 0.15) is 22.1 Å². The first-order chi connectivity index (χ1) is 14.2. The number of carbonyl (C=O) groups excluding carboxylic acids is 1. The number of amides is 1. The van der Waals surface area contributed by atoms with E-state index in [9.17, 15) is 4.79 Å². The minimum absolute atomic E-state index is 0.0520. The van der Waals surface area contributed by atoms with Crippen molar-refractivity contribution in [3.8, 4) is 5.75 Å². The van der Waals surface area contributed by atoms with E-state index in [0.717, 1.165) is 27.8 Å². The molecule has 1 amide bonds. The molecule has 2 heterocycles. The maximum Gasteiger partial charge on any atom is 0.262 e. The molecule has 0 spiro atoms. The van der Waals surface area contributed by atoms with Crippen molar-refractivity contribution in [1.29, 1.82) is 0 Å². The fraction of sp³-hybridized carbons (Fsp3) is 0.0833. The number of para-hydroxylation sites is 1. The molecule has 1 unspecified atom stereocenters. The van der Waals surface area contributed by atoms with Gasteiger partial charge in [0, 0.05) is 23.3 Å². The minimum Gasteiger partial charge on any atom is -0.497 e. The second kappa shape index (κ2) is 6.95. The van der Waals surface area contributed by atoms with Crippen LogP contribution < -0.4 is 15.0 Å². The summed E-state index contributed by atoms with van der Waals surface area (Å²) in [4.78, 5) is 19.7. The highest BCUT2D eigenvalue weighted by atomic mass is 16.5. The number of hydrogen-bond acceptors (Lipinski definition) is 4. The molecule has 3 aromatic carbocycles. The molecule has 5 rings (SSSR count). The van der Waals surface area contributed by atoms with Gasteiger partial charge >= 0.3 is 0 Å². The van der Waals surface area contributed by atoms with E-state index in [4.69, 9.17) is 4.74 Å². The quantitative estimate of drug-likeness (QED) is 0.542. The third-order valence-corrected chi connectivity index (χ3v) is 5.20. The summed E-state index contributed by atoms with van der Waals surface area (Å²) >= 11 is 0. The zero-order chi connectivity index (χ0) is 19.8. The average molecular weight is 381 g/mol. The van der Waals surface area contributed by atoms with Gasteiger partial charge in [-0.05, 0) is 48.0 Å². The molecule has 1 N–H and O–H groups in total. The number of anilines is 2. The highest BCUT2D eigenvalue weighted by Gasteiger charge is 2.34. The van der Waals surface area contributed by atoms with Crippen LogP contribution in [0.2, 0.25) is 0 Å². The van der Waals surface area contributed by atoms with E-state index in [1.54, 1.807) is 18.2 Å². The van der Waals surface area contributed by atoms with Gasteiger partial charge in [-0.3, -0.25) is 14.7 Å². The van der Waals surface area contributed by atoms with Crippen molar-refractivity contribution < 1.29 is 9.53 Å². The number of aromatic nitrogens is 1. The molecule has 0 bridgehead atoms. The van der Waals surface area contributed by atoms with E-state index in [1.807, 2.05) is 72.8 Å². The summed E-state index contributed by atoms with van der Waals surface area (Å²) in [7, 11) is 1.62. The first-order valence-electron chi connectivity index (χ1n) is 9.42. The molecule has 0 fully saturated rings. The van der Waals surface area contributed by atoms with E-state index in [2.05, 4.69) is 16.4 Å². The van der Waals surface area contributed by atoms with Crippen molar-refractivity contribution in [3.05, 3.63) is 96.2 Å². The fourth-order valence-electron chi connectivity index (χ4n) is 3.78. The monoisotopic (exact) mass is 381 g/mol. The molecule has 142 valence electrons. The van der Waals surface area contributed by atoms with Crippen LogP contribution in [0.5, 0.6) is 5.75 Å². The first kappa shape index (κ1) is 17.3. The van der Waals surface area contributed by atoms with E-state index in [0.29, 0.717) is 11.3 Å². The molecule has 1 atom stereocenters. The highest BCUT2D eigenvalue weighted by molar-refractivity contribution is 6.12. The fourth-order valence-corrected chi connectivity index (χ4v) is 3.78. The van der Waals surface area contributed by atoms with Crippen LogP contribution in [-0.4, -0.2) is 18.0 Å². The third kappa shape index (κ3) is 2.97. The Morgan fingerprint density at radius 1 is 0.966 bits per heavy atom. The summed E-state index contributed by atoms with van der Waals surface area (Å²) in [5.41, 5.74) is 4.15. The second-order valence-corrected chi connectivity index (χ2v) is 6.92. The van der Waals surface area contributed by atoms with Crippen LogP contribution in [0, 0.1) is 0 Å². The Labute approximate surface area is 168 Å². The molecule has 5 heteroatoms. The smallest absolute Gasteiger partial charge is 0.262 e. The molecule has 0 aliphatic carbocycles. The van der Waals surface area contributed by atoms with Crippen LogP contribution in [0.15, 0.2) is 85.1 Å². The SMILES string of the molecule is COc1cccc(N2C(=O)c3ccccc3NC2c2ccc3ncccc3c2)c1. The first-order valence-corrected chi connectivity index (χ1v) is 9.42. The van der Waals surface area contributed by atoms with E-state index in [-0.39, 0.29) is 12.1 Å². The van der Waals surface area contributed by atoms with Crippen molar-refractivity contribution in [1.82, 2.24) is 4.98 Å². The van der Waals surface area contributed by atoms with Gasteiger partial charge in [0.25, 0.3) is 5.91 Å². The number of hydrogen-bond donors (Lipinski definition) is 1. The van der Waals surface area contributed by atoms with Crippen molar-refractivity contribution in [2.24, 2.45) is 0 Å². The van der Waals surface area contributed by atoms with Gasteiger partial charge in [-0.1, -0.05) is 30.3 Å². The standard InChI is InChI=1S/C24H19N3O2/c1-29-19-8-4-7-18(15-19)27-23(26-22-10-3-2-9-20(22)24(27)28)17-11-12-21-16(14-17)6-5-13-25-21/h2-15,23,26H,1H3. The van der Waals surface area contributed by atoms with Gasteiger partial charge in [0.2, 0.25) is 0 Å². The zero-order valence-electron chi connectivity index (χ0n) is 15.9. The van der Waals surface area contributed by atoms with Gasteiger partial charge in [-0.2, -0.15) is 0 Å². The Kier molecular flexibility index (Phi) is 4.13. The van der Waals surface area contributed by atoms with Crippen LogP contribution >= 0.6 is 0 Å². The second-order valence-electron chi connectivity index (χ2n) is 6.92. The minimum atomic E-state index is -0.353. The molecule has 0 radical (unpaired) electrons. The summed E-state index contributed by atoms with van der Waals surface area (Å²) in [6.45, 7) is 0. The number of nitrogens with zero attached hydrogens (tertiary/aromatic N) is 2. The van der Waals surface area contributed by atoms with Crippen molar-refractivity contribution in [3.63, 3.8) is 0 Å². The molecular formula is C24H19N3O2. The molecule has 1 aliphatic rings. The number of fused-ring (bicyclic) bond motifs is 2. The lowest BCUT2D eigenvalue weighted by Crippen LogP contribution is -2.43. The Hall–Kier alpha value is -3.86. The van der Waals surface area contributed by atoms with Crippen molar-refractivity contribution >= 4 is 28.2 Å². The Bertz CT molecular complexity index is 1220. The zero-order valence-corrected chi connectivity index (χ0v) is 15.9. The van der Waals surface area contributed by atoms with Gasteiger partial charge in [-0.15, -0.1) is 0 Å². The maximum atomic E-state index is 13.5. The predicted molar refractivity (Wildman–Crippen MR) is 114 cm³/mol. The maximum absolute atomic E-state index is 13.5. The summed E-state index contributed by atoms with van der Waals surface area (Å²) in [6, 6.07) is 25.2. The molecular weight excluding hydrogens is 362 g/mol. The highest BCUT2D eigenvalue weighted by Crippen LogP contribution is 2.38. The summed E-state index contributed by atoms with van der Waals surface area (Å²) in [5, 5.41) is 4.57. The molecule has 4 aromatic rings. The lowest BCUT2D eigenvalue weighted by Gasteiger charge is -2.38. The van der Waals surface area contributed by atoms with Gasteiger partial charge in [0.05, 0.1) is 23.9 Å². The number of ether oxygens (including phenoxy) is 1. The van der Waals surface area contributed by atoms with E-state index >= 15 is 0 Å². The number of methoxy groups -OCH3 is 1. The van der Waals surface area contributed by atoms with Crippen LogP contribution in [0.25, 0.3) is 10.9 Å². The topological polar surface area (TPSA) is 54.5 Å². The van der Waals surface area contributed by atoms with Crippen LogP contribution in [0.4, 0.5) is 11.4 Å². The van der Waals surface area contributed by atoms with Gasteiger partial charge < -0.3 is 10.1 Å². The van der Waals surface area contributed by atoms with Gasteiger partial charge in [-0.25, -0.2) is 0 Å². The molecule has 1 aliphatic heterocycles. The Balaban J connectivity index is 1.68. The van der Waals surface area contributed by atoms with Crippen molar-refractivity contribution in [2.75, 3.05) is 17.3 Å². The molecule has 0 saturated carbocycles.